The van der Waals surface area contributed by atoms with Gasteiger partial charge < -0.3 is 20.6 Å². The van der Waals surface area contributed by atoms with Crippen LogP contribution in [0.3, 0.4) is 0 Å². The second-order valence-electron chi connectivity index (χ2n) is 8.53. The van der Waals surface area contributed by atoms with Crippen molar-refractivity contribution in [3.05, 3.63) is 29.3 Å². The van der Waals surface area contributed by atoms with Gasteiger partial charge in [-0.05, 0) is 80.3 Å². The summed E-state index contributed by atoms with van der Waals surface area (Å²) in [4.78, 5) is 15.4. The van der Waals surface area contributed by atoms with Gasteiger partial charge in [0.15, 0.2) is 0 Å². The first kappa shape index (κ1) is 17.8. The van der Waals surface area contributed by atoms with E-state index in [1.54, 1.807) is 12.1 Å². The van der Waals surface area contributed by atoms with Crippen molar-refractivity contribution in [1.82, 2.24) is 15.5 Å². The van der Waals surface area contributed by atoms with Gasteiger partial charge in [0.1, 0.15) is 5.75 Å². The number of carbonyl (C=O) groups is 1. The number of nitrogens with zero attached hydrogens (tertiary/aromatic N) is 1. The zero-order chi connectivity index (χ0) is 18.1. The molecule has 1 unspecified atom stereocenters. The van der Waals surface area contributed by atoms with Crippen LogP contribution in [0.2, 0.25) is 0 Å². The molecule has 0 spiro atoms. The second-order valence-corrected chi connectivity index (χ2v) is 8.53. The lowest BCUT2D eigenvalue weighted by Crippen LogP contribution is -2.54. The molecule has 26 heavy (non-hydrogen) atoms. The first-order chi connectivity index (χ1) is 12.6. The van der Waals surface area contributed by atoms with Crippen LogP contribution in [0.25, 0.3) is 0 Å². The van der Waals surface area contributed by atoms with E-state index in [9.17, 15) is 9.90 Å². The van der Waals surface area contributed by atoms with Crippen LogP contribution < -0.4 is 10.6 Å². The van der Waals surface area contributed by atoms with Crippen molar-refractivity contribution >= 4 is 5.91 Å². The number of hydrogen-bond acceptors (Lipinski definition) is 4. The fourth-order valence-electron chi connectivity index (χ4n) is 4.30. The van der Waals surface area contributed by atoms with Gasteiger partial charge in [0.25, 0.3) is 0 Å². The number of aromatic hydroxyl groups is 1. The van der Waals surface area contributed by atoms with E-state index < -0.39 is 0 Å². The van der Waals surface area contributed by atoms with E-state index in [4.69, 9.17) is 0 Å². The van der Waals surface area contributed by atoms with E-state index in [2.05, 4.69) is 22.5 Å². The van der Waals surface area contributed by atoms with Crippen molar-refractivity contribution < 1.29 is 9.90 Å². The number of likely N-dealkylation sites (tertiary alicyclic amines) is 1. The Balaban J connectivity index is 1.34. The first-order valence-corrected chi connectivity index (χ1v) is 10.2. The van der Waals surface area contributed by atoms with Crippen LogP contribution in [-0.4, -0.2) is 47.6 Å². The lowest BCUT2D eigenvalue weighted by molar-refractivity contribution is -0.124. The van der Waals surface area contributed by atoms with Crippen LogP contribution in [0.15, 0.2) is 18.2 Å². The van der Waals surface area contributed by atoms with Crippen molar-refractivity contribution in [3.63, 3.8) is 0 Å². The Hall–Kier alpha value is -1.59. The zero-order valence-electron chi connectivity index (χ0n) is 15.7. The number of phenolic OH excluding ortho intramolecular Hbond substituents is 1. The number of phenols is 1. The molecule has 5 nitrogen and oxygen atoms in total. The SMILES string of the molecule is CC1CCN(CC(NC(=O)[C@H]2Cc3ccc(O)cc3CN2)C2CC2)CC1. The molecule has 1 aromatic rings. The summed E-state index contributed by atoms with van der Waals surface area (Å²) in [5, 5.41) is 16.3. The molecule has 1 saturated heterocycles. The minimum atomic E-state index is -0.172. The molecular formula is C21H31N3O2. The second kappa shape index (κ2) is 7.57. The number of carbonyl (C=O) groups excluding carboxylic acids is 1. The van der Waals surface area contributed by atoms with E-state index in [1.807, 2.05) is 6.07 Å². The Kier molecular flexibility index (Phi) is 5.18. The Bertz CT molecular complexity index is 651. The Morgan fingerprint density at radius 3 is 2.77 bits per heavy atom. The molecule has 5 heteroatoms. The molecular weight excluding hydrogens is 326 g/mol. The van der Waals surface area contributed by atoms with Crippen molar-refractivity contribution in [2.75, 3.05) is 19.6 Å². The van der Waals surface area contributed by atoms with Crippen molar-refractivity contribution in [2.45, 2.75) is 57.7 Å². The summed E-state index contributed by atoms with van der Waals surface area (Å²) in [5.41, 5.74) is 2.25. The number of amides is 1. The minimum absolute atomic E-state index is 0.131. The lowest BCUT2D eigenvalue weighted by atomic mass is 9.94. The molecule has 2 aliphatic heterocycles. The quantitative estimate of drug-likeness (QED) is 0.755. The van der Waals surface area contributed by atoms with Crippen LogP contribution in [0, 0.1) is 11.8 Å². The van der Waals surface area contributed by atoms with Gasteiger partial charge in [0.2, 0.25) is 5.91 Å². The highest BCUT2D eigenvalue weighted by Gasteiger charge is 2.35. The van der Waals surface area contributed by atoms with Gasteiger partial charge in [-0.25, -0.2) is 0 Å². The average Bonchev–Trinajstić information content (AvgIpc) is 3.47. The Morgan fingerprint density at radius 1 is 1.27 bits per heavy atom. The Morgan fingerprint density at radius 2 is 2.04 bits per heavy atom. The van der Waals surface area contributed by atoms with Crippen LogP contribution in [-0.2, 0) is 17.8 Å². The van der Waals surface area contributed by atoms with Crippen LogP contribution >= 0.6 is 0 Å². The third-order valence-corrected chi connectivity index (χ3v) is 6.32. The number of benzene rings is 1. The highest BCUT2D eigenvalue weighted by Crippen LogP contribution is 2.33. The maximum Gasteiger partial charge on any atom is 0.237 e. The molecule has 0 aromatic heterocycles. The molecule has 1 aromatic carbocycles. The van der Waals surface area contributed by atoms with Gasteiger partial charge in [0, 0.05) is 19.1 Å². The van der Waals surface area contributed by atoms with Gasteiger partial charge >= 0.3 is 0 Å². The van der Waals surface area contributed by atoms with Crippen molar-refractivity contribution in [3.8, 4) is 5.75 Å². The summed E-state index contributed by atoms with van der Waals surface area (Å²) < 4.78 is 0. The molecule has 1 amide bonds. The van der Waals surface area contributed by atoms with Gasteiger partial charge in [-0.15, -0.1) is 0 Å². The molecule has 1 aliphatic carbocycles. The highest BCUT2D eigenvalue weighted by molar-refractivity contribution is 5.82. The molecule has 2 heterocycles. The number of hydrogen-bond donors (Lipinski definition) is 3. The number of nitrogens with one attached hydrogen (secondary N) is 2. The van der Waals surface area contributed by atoms with E-state index in [-0.39, 0.29) is 17.7 Å². The van der Waals surface area contributed by atoms with Gasteiger partial charge in [0.05, 0.1) is 6.04 Å². The van der Waals surface area contributed by atoms with Crippen molar-refractivity contribution in [1.29, 1.82) is 0 Å². The van der Waals surface area contributed by atoms with E-state index in [1.165, 1.54) is 38.8 Å². The fourth-order valence-corrected chi connectivity index (χ4v) is 4.30. The molecule has 4 rings (SSSR count). The number of fused-ring (bicyclic) bond motifs is 1. The number of piperidine rings is 1. The van der Waals surface area contributed by atoms with Crippen LogP contribution in [0.5, 0.6) is 5.75 Å². The maximum atomic E-state index is 12.9. The number of rotatable bonds is 5. The van der Waals surface area contributed by atoms with E-state index in [0.29, 0.717) is 24.9 Å². The highest BCUT2D eigenvalue weighted by atomic mass is 16.3. The maximum absolute atomic E-state index is 12.9. The smallest absolute Gasteiger partial charge is 0.237 e. The minimum Gasteiger partial charge on any atom is -0.508 e. The van der Waals surface area contributed by atoms with Crippen LogP contribution in [0.4, 0.5) is 0 Å². The molecule has 0 radical (unpaired) electrons. The summed E-state index contributed by atoms with van der Waals surface area (Å²) in [6.07, 6.45) is 5.74. The first-order valence-electron chi connectivity index (χ1n) is 10.2. The summed E-state index contributed by atoms with van der Waals surface area (Å²) in [6.45, 7) is 6.31. The topological polar surface area (TPSA) is 64.6 Å². The van der Waals surface area contributed by atoms with Gasteiger partial charge in [-0.1, -0.05) is 13.0 Å². The Labute approximate surface area is 156 Å². The van der Waals surface area contributed by atoms with Crippen LogP contribution in [0.1, 0.15) is 43.7 Å². The molecule has 0 bridgehead atoms. The summed E-state index contributed by atoms with van der Waals surface area (Å²) in [5.74, 6) is 1.92. The van der Waals surface area contributed by atoms with Gasteiger partial charge in [-0.2, -0.15) is 0 Å². The normalized spacial score (nSPS) is 25.5. The lowest BCUT2D eigenvalue weighted by Gasteiger charge is -2.34. The summed E-state index contributed by atoms with van der Waals surface area (Å²) in [7, 11) is 0. The zero-order valence-corrected chi connectivity index (χ0v) is 15.7. The molecule has 2 atom stereocenters. The molecule has 2 fully saturated rings. The third-order valence-electron chi connectivity index (χ3n) is 6.32. The van der Waals surface area contributed by atoms with E-state index in [0.717, 1.165) is 23.6 Å². The molecule has 3 aliphatic rings. The largest absolute Gasteiger partial charge is 0.508 e. The third kappa shape index (κ3) is 4.21. The molecule has 142 valence electrons. The standard InChI is InChI=1S/C21H31N3O2/c1-14-6-8-24(9-7-14)13-20(15-2-3-15)23-21(26)19-11-16-4-5-18(25)10-17(16)12-22-19/h4-5,10,14-15,19-20,22,25H,2-3,6-9,11-13H2,1H3,(H,23,26)/t19-,20?/m1/s1. The average molecular weight is 357 g/mol. The monoisotopic (exact) mass is 357 g/mol. The van der Waals surface area contributed by atoms with Gasteiger partial charge in [-0.3, -0.25) is 4.79 Å². The predicted molar refractivity (Wildman–Crippen MR) is 102 cm³/mol. The molecule has 3 N–H and O–H groups in total. The fraction of sp³-hybridized carbons (Fsp3) is 0.667. The predicted octanol–water partition coefficient (Wildman–Crippen LogP) is 2.03. The van der Waals surface area contributed by atoms with E-state index >= 15 is 0 Å². The summed E-state index contributed by atoms with van der Waals surface area (Å²) in [6, 6.07) is 5.57. The molecule has 1 saturated carbocycles. The van der Waals surface area contributed by atoms with Crippen molar-refractivity contribution in [2.24, 2.45) is 11.8 Å². The summed E-state index contributed by atoms with van der Waals surface area (Å²) >= 11 is 0.